The van der Waals surface area contributed by atoms with Gasteiger partial charge in [-0.1, -0.05) is 97.1 Å². The van der Waals surface area contributed by atoms with Crippen molar-refractivity contribution in [2.75, 3.05) is 13.1 Å². The zero-order valence-electron chi connectivity index (χ0n) is 21.5. The van der Waals surface area contributed by atoms with Crippen molar-refractivity contribution in [2.24, 2.45) is 5.92 Å². The zero-order valence-corrected chi connectivity index (χ0v) is 23.0. The fourth-order valence-corrected chi connectivity index (χ4v) is 7.49. The Morgan fingerprint density at radius 2 is 1.38 bits per heavy atom. The first-order valence-electron chi connectivity index (χ1n) is 14.0. The molecule has 1 aromatic heterocycles. The Bertz CT molecular complexity index is 1330. The topological polar surface area (TPSA) is 8.17 Å². The predicted molar refractivity (Wildman–Crippen MR) is 158 cm³/mol. The van der Waals surface area contributed by atoms with Gasteiger partial charge in [-0.05, 0) is 85.5 Å². The van der Waals surface area contributed by atoms with Crippen LogP contribution in [0.15, 0.2) is 72.8 Å². The van der Waals surface area contributed by atoms with Crippen LogP contribution in [-0.2, 0) is 13.1 Å². The number of piperidine rings is 1. The Hall–Kier alpha value is -2.26. The second-order valence-electron chi connectivity index (χ2n) is 11.0. The number of benzene rings is 3. The molecule has 3 aromatic carbocycles. The van der Waals surface area contributed by atoms with Gasteiger partial charge in [-0.15, -0.1) is 0 Å². The third-order valence-corrected chi connectivity index (χ3v) is 9.32. The normalized spacial score (nSPS) is 18.0. The summed E-state index contributed by atoms with van der Waals surface area (Å²) < 4.78 is 2.66. The van der Waals surface area contributed by atoms with E-state index in [1.54, 1.807) is 0 Å². The van der Waals surface area contributed by atoms with Crippen molar-refractivity contribution in [1.82, 2.24) is 9.47 Å². The lowest BCUT2D eigenvalue weighted by atomic mass is 9.89. The Balaban J connectivity index is 1.32. The van der Waals surface area contributed by atoms with E-state index in [9.17, 15) is 0 Å². The maximum atomic E-state index is 6.56. The van der Waals surface area contributed by atoms with Crippen molar-refractivity contribution >= 4 is 34.1 Å². The van der Waals surface area contributed by atoms with Gasteiger partial charge in [-0.2, -0.15) is 0 Å². The summed E-state index contributed by atoms with van der Waals surface area (Å²) in [6, 6.07) is 26.0. The van der Waals surface area contributed by atoms with Crippen molar-refractivity contribution in [3.8, 4) is 11.3 Å². The molecule has 1 saturated carbocycles. The number of halogens is 2. The molecule has 0 bridgehead atoms. The summed E-state index contributed by atoms with van der Waals surface area (Å²) in [6.45, 7) is 4.22. The van der Waals surface area contributed by atoms with E-state index >= 15 is 0 Å². The van der Waals surface area contributed by atoms with Gasteiger partial charge < -0.3 is 4.57 Å². The molecular weight excluding hydrogens is 495 g/mol. The lowest BCUT2D eigenvalue weighted by Crippen LogP contribution is -2.32. The summed E-state index contributed by atoms with van der Waals surface area (Å²) in [5.41, 5.74) is 6.76. The summed E-state index contributed by atoms with van der Waals surface area (Å²) >= 11 is 13.1. The molecule has 0 N–H and O–H groups in total. The third kappa shape index (κ3) is 5.21. The molecule has 1 aliphatic carbocycles. The average Bonchev–Trinajstić information content (AvgIpc) is 3.23. The van der Waals surface area contributed by atoms with Crippen molar-refractivity contribution in [3.05, 3.63) is 94.0 Å². The molecule has 6 rings (SSSR count). The van der Waals surface area contributed by atoms with Crippen LogP contribution < -0.4 is 0 Å². The fraction of sp³-hybridized carbons (Fsp3) is 0.394. The number of para-hydroxylation sites is 1. The minimum atomic E-state index is 0.429. The van der Waals surface area contributed by atoms with E-state index in [0.29, 0.717) is 5.92 Å². The second kappa shape index (κ2) is 11.2. The molecule has 1 aliphatic heterocycles. The lowest BCUT2D eigenvalue weighted by Gasteiger charge is -2.33. The summed E-state index contributed by atoms with van der Waals surface area (Å²) in [5, 5.41) is 3.03. The van der Waals surface area contributed by atoms with Gasteiger partial charge in [-0.3, -0.25) is 4.90 Å². The number of nitrogens with zero attached hydrogens (tertiary/aromatic N) is 2. The SMILES string of the molecule is Clc1cccc(Cl)c1C1CCN(Cc2c(-c3ccccc3)n(CC3CCCCC3)c3ccccc23)CC1. The molecule has 4 heteroatoms. The maximum absolute atomic E-state index is 6.56. The molecule has 0 unspecified atom stereocenters. The van der Waals surface area contributed by atoms with E-state index in [0.717, 1.165) is 60.5 Å². The highest BCUT2D eigenvalue weighted by molar-refractivity contribution is 6.36. The van der Waals surface area contributed by atoms with Gasteiger partial charge in [0.15, 0.2) is 0 Å². The quantitative estimate of drug-likeness (QED) is 0.241. The first-order valence-corrected chi connectivity index (χ1v) is 14.8. The molecule has 0 spiro atoms. The van der Waals surface area contributed by atoms with Gasteiger partial charge in [0.1, 0.15) is 0 Å². The largest absolute Gasteiger partial charge is 0.340 e. The Morgan fingerprint density at radius 1 is 0.703 bits per heavy atom. The van der Waals surface area contributed by atoms with E-state index < -0.39 is 0 Å². The third-order valence-electron chi connectivity index (χ3n) is 8.67. The van der Waals surface area contributed by atoms with E-state index in [4.69, 9.17) is 23.2 Å². The van der Waals surface area contributed by atoms with Crippen LogP contribution in [0, 0.1) is 5.92 Å². The van der Waals surface area contributed by atoms with Crippen molar-refractivity contribution < 1.29 is 0 Å². The number of rotatable bonds is 6. The molecule has 2 fully saturated rings. The molecule has 0 atom stereocenters. The molecule has 0 amide bonds. The molecule has 2 heterocycles. The van der Waals surface area contributed by atoms with Crippen LogP contribution in [-0.4, -0.2) is 22.6 Å². The van der Waals surface area contributed by atoms with E-state index in [2.05, 4.69) is 64.1 Å². The van der Waals surface area contributed by atoms with Crippen molar-refractivity contribution in [2.45, 2.75) is 64.0 Å². The van der Waals surface area contributed by atoms with Crippen LogP contribution in [0.3, 0.4) is 0 Å². The summed E-state index contributed by atoms with van der Waals surface area (Å²) in [6.07, 6.45) is 9.04. The van der Waals surface area contributed by atoms with Gasteiger partial charge >= 0.3 is 0 Å². The van der Waals surface area contributed by atoms with E-state index in [1.807, 2.05) is 18.2 Å². The van der Waals surface area contributed by atoms with Crippen LogP contribution in [0.2, 0.25) is 10.0 Å². The first kappa shape index (κ1) is 25.0. The summed E-state index contributed by atoms with van der Waals surface area (Å²) in [5.74, 6) is 1.20. The van der Waals surface area contributed by atoms with Crippen LogP contribution in [0.1, 0.15) is 62.0 Å². The van der Waals surface area contributed by atoms with Crippen molar-refractivity contribution in [3.63, 3.8) is 0 Å². The molecule has 1 saturated heterocycles. The molecule has 2 nitrogen and oxygen atoms in total. The van der Waals surface area contributed by atoms with Gasteiger partial charge in [0, 0.05) is 34.0 Å². The number of aromatic nitrogens is 1. The molecule has 0 radical (unpaired) electrons. The molecule has 4 aromatic rings. The highest BCUT2D eigenvalue weighted by Gasteiger charge is 2.27. The van der Waals surface area contributed by atoms with Gasteiger partial charge in [0.05, 0.1) is 5.69 Å². The van der Waals surface area contributed by atoms with E-state index in [-0.39, 0.29) is 0 Å². The Labute approximate surface area is 231 Å². The average molecular weight is 532 g/mol. The summed E-state index contributed by atoms with van der Waals surface area (Å²) in [7, 11) is 0. The second-order valence-corrected chi connectivity index (χ2v) is 11.8. The smallest absolute Gasteiger partial charge is 0.0537 e. The molecule has 192 valence electrons. The van der Waals surface area contributed by atoms with Crippen molar-refractivity contribution in [1.29, 1.82) is 0 Å². The van der Waals surface area contributed by atoms with Crippen LogP contribution in [0.5, 0.6) is 0 Å². The van der Waals surface area contributed by atoms with Gasteiger partial charge in [-0.25, -0.2) is 0 Å². The van der Waals surface area contributed by atoms with Crippen LogP contribution in [0.25, 0.3) is 22.2 Å². The molecule has 37 heavy (non-hydrogen) atoms. The fourth-order valence-electron chi connectivity index (χ4n) is 6.78. The lowest BCUT2D eigenvalue weighted by molar-refractivity contribution is 0.205. The highest BCUT2D eigenvalue weighted by Crippen LogP contribution is 2.40. The van der Waals surface area contributed by atoms with Gasteiger partial charge in [0.2, 0.25) is 0 Å². The maximum Gasteiger partial charge on any atom is 0.0537 e. The van der Waals surface area contributed by atoms with Crippen LogP contribution in [0.4, 0.5) is 0 Å². The molecular formula is C33H36Cl2N2. The number of likely N-dealkylation sites (tertiary alicyclic amines) is 1. The number of hydrogen-bond donors (Lipinski definition) is 0. The Morgan fingerprint density at radius 3 is 2.11 bits per heavy atom. The van der Waals surface area contributed by atoms with Crippen LogP contribution >= 0.6 is 23.2 Å². The highest BCUT2D eigenvalue weighted by atomic mass is 35.5. The monoisotopic (exact) mass is 530 g/mol. The number of fused-ring (bicyclic) bond motifs is 1. The minimum Gasteiger partial charge on any atom is -0.340 e. The predicted octanol–water partition coefficient (Wildman–Crippen LogP) is 9.57. The standard InChI is InChI=1S/C33H36Cl2N2/c34-29-15-9-16-30(35)32(29)25-18-20-36(21-19-25)23-28-27-14-7-8-17-31(27)37(22-24-10-3-1-4-11-24)33(28)26-12-5-2-6-13-26/h2,5-9,12-17,24-25H,1,3-4,10-11,18-23H2. The minimum absolute atomic E-state index is 0.429. The number of hydrogen-bond acceptors (Lipinski definition) is 1. The summed E-state index contributed by atoms with van der Waals surface area (Å²) in [4.78, 5) is 2.64. The van der Waals surface area contributed by atoms with Gasteiger partial charge in [0.25, 0.3) is 0 Å². The zero-order chi connectivity index (χ0) is 25.2. The Kier molecular flexibility index (Phi) is 7.60. The molecule has 2 aliphatic rings. The van der Waals surface area contributed by atoms with E-state index in [1.165, 1.54) is 59.8 Å². The first-order chi connectivity index (χ1) is 18.2.